The summed E-state index contributed by atoms with van der Waals surface area (Å²) < 4.78 is 5.23. The monoisotopic (exact) mass is 310 g/mol. The normalized spacial score (nSPS) is 10.5. The molecule has 0 saturated carbocycles. The third-order valence-electron chi connectivity index (χ3n) is 3.35. The number of hydrogen-bond donors (Lipinski definition) is 1. The quantitative estimate of drug-likeness (QED) is 0.726. The van der Waals surface area contributed by atoms with E-state index < -0.39 is 0 Å². The van der Waals surface area contributed by atoms with Crippen molar-refractivity contribution in [1.82, 2.24) is 4.98 Å². The summed E-state index contributed by atoms with van der Waals surface area (Å²) in [5.41, 5.74) is 3.30. The molecule has 1 heterocycles. The summed E-state index contributed by atoms with van der Waals surface area (Å²) in [6, 6.07) is 18.4. The topological polar surface area (TPSA) is 34.2 Å². The van der Waals surface area contributed by atoms with Crippen LogP contribution in [0.4, 0.5) is 5.13 Å². The lowest BCUT2D eigenvalue weighted by molar-refractivity contribution is 0.415. The SMILES string of the molecule is CCNc1nc(-c2ccc(OC)cc2)c(-c2ccccc2)s1. The van der Waals surface area contributed by atoms with Gasteiger partial charge in [0.05, 0.1) is 17.7 Å². The number of aromatic nitrogens is 1. The molecule has 0 amide bonds. The first-order valence-corrected chi connectivity index (χ1v) is 8.08. The van der Waals surface area contributed by atoms with E-state index in [1.165, 1.54) is 10.4 Å². The second kappa shape index (κ2) is 6.62. The van der Waals surface area contributed by atoms with Crippen molar-refractivity contribution in [2.45, 2.75) is 6.92 Å². The van der Waals surface area contributed by atoms with Crippen molar-refractivity contribution in [3.8, 4) is 27.4 Å². The number of rotatable bonds is 5. The van der Waals surface area contributed by atoms with Crippen LogP contribution in [0.15, 0.2) is 54.6 Å². The van der Waals surface area contributed by atoms with Crippen LogP contribution >= 0.6 is 11.3 Å². The van der Waals surface area contributed by atoms with Crippen LogP contribution in [-0.4, -0.2) is 18.6 Å². The zero-order chi connectivity index (χ0) is 15.4. The van der Waals surface area contributed by atoms with E-state index in [-0.39, 0.29) is 0 Å². The minimum Gasteiger partial charge on any atom is -0.497 e. The Morgan fingerprint density at radius 3 is 2.36 bits per heavy atom. The molecule has 3 aromatic rings. The maximum absolute atomic E-state index is 5.23. The van der Waals surface area contributed by atoms with Crippen LogP contribution in [0.5, 0.6) is 5.75 Å². The van der Waals surface area contributed by atoms with Gasteiger partial charge in [0.1, 0.15) is 5.75 Å². The maximum atomic E-state index is 5.23. The zero-order valence-corrected chi connectivity index (χ0v) is 13.5. The Morgan fingerprint density at radius 1 is 1.00 bits per heavy atom. The number of hydrogen-bond acceptors (Lipinski definition) is 4. The number of methoxy groups -OCH3 is 1. The van der Waals surface area contributed by atoms with E-state index in [0.717, 1.165) is 28.7 Å². The Kier molecular flexibility index (Phi) is 4.39. The Labute approximate surface area is 134 Å². The van der Waals surface area contributed by atoms with Gasteiger partial charge in [-0.15, -0.1) is 0 Å². The number of nitrogens with one attached hydrogen (secondary N) is 1. The minimum absolute atomic E-state index is 0.854. The number of benzene rings is 2. The molecule has 0 bridgehead atoms. The van der Waals surface area contributed by atoms with Crippen LogP contribution in [0.2, 0.25) is 0 Å². The Balaban J connectivity index is 2.08. The summed E-state index contributed by atoms with van der Waals surface area (Å²) in [5, 5.41) is 4.26. The lowest BCUT2D eigenvalue weighted by atomic mass is 10.1. The van der Waals surface area contributed by atoms with Crippen molar-refractivity contribution in [2.75, 3.05) is 19.0 Å². The number of ether oxygens (including phenoxy) is 1. The summed E-state index contributed by atoms with van der Waals surface area (Å²) >= 11 is 1.69. The summed E-state index contributed by atoms with van der Waals surface area (Å²) in [4.78, 5) is 5.95. The molecule has 3 rings (SSSR count). The van der Waals surface area contributed by atoms with E-state index in [1.54, 1.807) is 18.4 Å². The largest absolute Gasteiger partial charge is 0.497 e. The van der Waals surface area contributed by atoms with E-state index in [1.807, 2.05) is 18.2 Å². The lowest BCUT2D eigenvalue weighted by Gasteiger charge is -2.04. The van der Waals surface area contributed by atoms with Gasteiger partial charge in [0.25, 0.3) is 0 Å². The van der Waals surface area contributed by atoms with Crippen LogP contribution in [0.25, 0.3) is 21.7 Å². The van der Waals surface area contributed by atoms with E-state index in [9.17, 15) is 0 Å². The maximum Gasteiger partial charge on any atom is 0.183 e. The summed E-state index contributed by atoms with van der Waals surface area (Å²) in [6.07, 6.45) is 0. The first-order valence-electron chi connectivity index (χ1n) is 7.26. The Bertz CT molecular complexity index is 736. The zero-order valence-electron chi connectivity index (χ0n) is 12.7. The fourth-order valence-corrected chi connectivity index (χ4v) is 3.34. The van der Waals surface area contributed by atoms with E-state index >= 15 is 0 Å². The molecule has 1 aromatic heterocycles. The fraction of sp³-hybridized carbons (Fsp3) is 0.167. The highest BCUT2D eigenvalue weighted by molar-refractivity contribution is 7.19. The van der Waals surface area contributed by atoms with E-state index in [0.29, 0.717) is 0 Å². The average Bonchev–Trinajstić information content (AvgIpc) is 3.00. The van der Waals surface area contributed by atoms with Crippen molar-refractivity contribution in [3.63, 3.8) is 0 Å². The molecule has 0 spiro atoms. The molecule has 22 heavy (non-hydrogen) atoms. The molecule has 0 aliphatic rings. The molecule has 0 atom stereocenters. The van der Waals surface area contributed by atoms with Gasteiger partial charge in [0.2, 0.25) is 0 Å². The van der Waals surface area contributed by atoms with Crippen molar-refractivity contribution in [1.29, 1.82) is 0 Å². The molecule has 3 nitrogen and oxygen atoms in total. The van der Waals surface area contributed by atoms with E-state index in [4.69, 9.17) is 9.72 Å². The molecule has 4 heteroatoms. The number of thiazole rings is 1. The van der Waals surface area contributed by atoms with Crippen LogP contribution in [0.3, 0.4) is 0 Å². The fourth-order valence-electron chi connectivity index (χ4n) is 2.28. The van der Waals surface area contributed by atoms with Gasteiger partial charge in [-0.2, -0.15) is 0 Å². The molecule has 0 radical (unpaired) electrons. The second-order valence-electron chi connectivity index (χ2n) is 4.82. The van der Waals surface area contributed by atoms with E-state index in [2.05, 4.69) is 48.6 Å². The average molecular weight is 310 g/mol. The van der Waals surface area contributed by atoms with Crippen molar-refractivity contribution in [3.05, 3.63) is 54.6 Å². The van der Waals surface area contributed by atoms with Gasteiger partial charge in [0, 0.05) is 12.1 Å². The van der Waals surface area contributed by atoms with Crippen LogP contribution in [0, 0.1) is 0 Å². The van der Waals surface area contributed by atoms with Crippen LogP contribution in [-0.2, 0) is 0 Å². The Morgan fingerprint density at radius 2 is 1.73 bits per heavy atom. The molecule has 0 aliphatic carbocycles. The molecule has 0 saturated heterocycles. The van der Waals surface area contributed by atoms with Gasteiger partial charge in [0.15, 0.2) is 5.13 Å². The minimum atomic E-state index is 0.854. The van der Waals surface area contributed by atoms with Gasteiger partial charge in [-0.3, -0.25) is 0 Å². The number of nitrogens with zero attached hydrogens (tertiary/aromatic N) is 1. The first kappa shape index (κ1) is 14.6. The standard InChI is InChI=1S/C18H18N2OS/c1-3-19-18-20-16(13-9-11-15(21-2)12-10-13)17(22-18)14-7-5-4-6-8-14/h4-12H,3H2,1-2H3,(H,19,20). The summed E-state index contributed by atoms with van der Waals surface area (Å²) in [6.45, 7) is 2.94. The van der Waals surface area contributed by atoms with Crippen molar-refractivity contribution < 1.29 is 4.74 Å². The van der Waals surface area contributed by atoms with Crippen molar-refractivity contribution in [2.24, 2.45) is 0 Å². The molecule has 2 aromatic carbocycles. The smallest absolute Gasteiger partial charge is 0.183 e. The molecule has 0 unspecified atom stereocenters. The highest BCUT2D eigenvalue weighted by atomic mass is 32.1. The first-order chi connectivity index (χ1) is 10.8. The predicted molar refractivity (Wildman–Crippen MR) is 93.7 cm³/mol. The third kappa shape index (κ3) is 2.97. The van der Waals surface area contributed by atoms with Crippen LogP contribution in [0.1, 0.15) is 6.92 Å². The van der Waals surface area contributed by atoms with Crippen LogP contribution < -0.4 is 10.1 Å². The third-order valence-corrected chi connectivity index (χ3v) is 4.42. The van der Waals surface area contributed by atoms with Gasteiger partial charge in [-0.05, 0) is 36.8 Å². The Hall–Kier alpha value is -2.33. The second-order valence-corrected chi connectivity index (χ2v) is 5.82. The summed E-state index contributed by atoms with van der Waals surface area (Å²) in [5.74, 6) is 0.854. The molecule has 0 fully saturated rings. The van der Waals surface area contributed by atoms with Gasteiger partial charge in [-0.25, -0.2) is 4.98 Å². The summed E-state index contributed by atoms with van der Waals surface area (Å²) in [7, 11) is 1.68. The molecule has 1 N–H and O–H groups in total. The molecule has 0 aliphatic heterocycles. The lowest BCUT2D eigenvalue weighted by Crippen LogP contribution is -1.94. The van der Waals surface area contributed by atoms with Crippen molar-refractivity contribution >= 4 is 16.5 Å². The molecular weight excluding hydrogens is 292 g/mol. The van der Waals surface area contributed by atoms with Gasteiger partial charge < -0.3 is 10.1 Å². The molecular formula is C18H18N2OS. The highest BCUT2D eigenvalue weighted by Gasteiger charge is 2.14. The number of anilines is 1. The highest BCUT2D eigenvalue weighted by Crippen LogP contribution is 2.39. The van der Waals surface area contributed by atoms with Gasteiger partial charge in [-0.1, -0.05) is 41.7 Å². The van der Waals surface area contributed by atoms with Gasteiger partial charge >= 0.3 is 0 Å². The predicted octanol–water partition coefficient (Wildman–Crippen LogP) is 4.92. The molecule has 112 valence electrons.